The molecule has 0 aliphatic rings. The molecule has 0 atom stereocenters. The van der Waals surface area contributed by atoms with E-state index in [0.29, 0.717) is 28.6 Å². The second-order valence-electron chi connectivity index (χ2n) is 4.24. The number of aromatic nitrogens is 1. The third-order valence-electron chi connectivity index (χ3n) is 3.21. The number of rotatable bonds is 4. The van der Waals surface area contributed by atoms with Gasteiger partial charge in [0.1, 0.15) is 11.4 Å². The van der Waals surface area contributed by atoms with Crippen molar-refractivity contribution in [3.63, 3.8) is 0 Å². The summed E-state index contributed by atoms with van der Waals surface area (Å²) in [6, 6.07) is 3.45. The van der Waals surface area contributed by atoms with Crippen molar-refractivity contribution in [3.8, 4) is 5.75 Å². The number of nitrogen functional groups attached to an aromatic ring is 1. The molecule has 0 fully saturated rings. The third-order valence-corrected chi connectivity index (χ3v) is 3.21. The monoisotopic (exact) mass is 276 g/mol. The topological polar surface area (TPSA) is 83.6 Å². The summed E-state index contributed by atoms with van der Waals surface area (Å²) in [5.74, 6) is -0.0896. The fourth-order valence-corrected chi connectivity index (χ4v) is 2.31. The maximum atomic E-state index is 12.0. The number of esters is 1. The standard InChI is InChI=1S/C14H16N2O4/c1-4-20-14(18)13-8(7-17)11-9(16(13)2)5-6-10(19-3)12(11)15/h5-7H,4,15H2,1-3H3. The van der Waals surface area contributed by atoms with Crippen LogP contribution in [-0.4, -0.2) is 30.5 Å². The summed E-state index contributed by atoms with van der Waals surface area (Å²) in [7, 11) is 3.18. The highest BCUT2D eigenvalue weighted by Crippen LogP contribution is 2.35. The SMILES string of the molecule is CCOC(=O)c1c(C=O)c2c(N)c(OC)ccc2n1C. The zero-order valence-corrected chi connectivity index (χ0v) is 11.6. The van der Waals surface area contributed by atoms with Crippen LogP contribution < -0.4 is 10.5 Å². The van der Waals surface area contributed by atoms with Crippen molar-refractivity contribution in [2.75, 3.05) is 19.5 Å². The molecule has 1 aromatic heterocycles. The molecule has 0 amide bonds. The molecule has 0 bridgehead atoms. The molecule has 0 saturated carbocycles. The van der Waals surface area contributed by atoms with Crippen molar-refractivity contribution in [1.29, 1.82) is 0 Å². The van der Waals surface area contributed by atoms with Crippen molar-refractivity contribution < 1.29 is 19.1 Å². The Balaban J connectivity index is 2.84. The predicted octanol–water partition coefficient (Wildman–Crippen LogP) is 1.76. The van der Waals surface area contributed by atoms with E-state index in [1.54, 1.807) is 30.7 Å². The number of fused-ring (bicyclic) bond motifs is 1. The van der Waals surface area contributed by atoms with Gasteiger partial charge in [-0.25, -0.2) is 4.79 Å². The molecule has 1 heterocycles. The number of aldehydes is 1. The lowest BCUT2D eigenvalue weighted by Crippen LogP contribution is -2.11. The summed E-state index contributed by atoms with van der Waals surface area (Å²) in [5, 5.41) is 0.505. The van der Waals surface area contributed by atoms with Crippen LogP contribution in [0.4, 0.5) is 5.69 Å². The summed E-state index contributed by atoms with van der Waals surface area (Å²) in [4.78, 5) is 23.4. The average Bonchev–Trinajstić information content (AvgIpc) is 2.73. The van der Waals surface area contributed by atoms with Gasteiger partial charge in [0.25, 0.3) is 0 Å². The van der Waals surface area contributed by atoms with Crippen LogP contribution >= 0.6 is 0 Å². The zero-order chi connectivity index (χ0) is 14.9. The molecular weight excluding hydrogens is 260 g/mol. The Morgan fingerprint density at radius 2 is 2.15 bits per heavy atom. The Kier molecular flexibility index (Phi) is 3.65. The Bertz CT molecular complexity index is 688. The minimum absolute atomic E-state index is 0.191. The third kappa shape index (κ3) is 1.89. The lowest BCUT2D eigenvalue weighted by atomic mass is 10.1. The first-order valence-electron chi connectivity index (χ1n) is 6.13. The summed E-state index contributed by atoms with van der Waals surface area (Å²) in [5.41, 5.74) is 7.43. The van der Waals surface area contributed by atoms with E-state index in [2.05, 4.69) is 0 Å². The molecule has 0 saturated heterocycles. The van der Waals surface area contributed by atoms with Gasteiger partial charge in [-0.3, -0.25) is 4.79 Å². The van der Waals surface area contributed by atoms with Crippen molar-refractivity contribution in [3.05, 3.63) is 23.4 Å². The number of nitrogens with two attached hydrogens (primary N) is 1. The van der Waals surface area contributed by atoms with E-state index < -0.39 is 5.97 Å². The molecule has 2 N–H and O–H groups in total. The molecule has 0 radical (unpaired) electrons. The minimum atomic E-state index is -0.549. The second kappa shape index (κ2) is 5.24. The van der Waals surface area contributed by atoms with E-state index >= 15 is 0 Å². The van der Waals surface area contributed by atoms with Gasteiger partial charge in [-0.1, -0.05) is 0 Å². The van der Waals surface area contributed by atoms with Gasteiger partial charge in [0, 0.05) is 12.4 Å². The van der Waals surface area contributed by atoms with Crippen LogP contribution in [0.15, 0.2) is 12.1 Å². The molecule has 0 aliphatic heterocycles. The highest BCUT2D eigenvalue weighted by molar-refractivity contribution is 6.13. The first kappa shape index (κ1) is 13.9. The van der Waals surface area contributed by atoms with Gasteiger partial charge >= 0.3 is 5.97 Å². The highest BCUT2D eigenvalue weighted by Gasteiger charge is 2.24. The Hall–Kier alpha value is -2.50. The smallest absolute Gasteiger partial charge is 0.355 e. The van der Waals surface area contributed by atoms with E-state index in [-0.39, 0.29) is 17.9 Å². The van der Waals surface area contributed by atoms with E-state index in [0.717, 1.165) is 0 Å². The van der Waals surface area contributed by atoms with Gasteiger partial charge in [-0.15, -0.1) is 0 Å². The summed E-state index contributed by atoms with van der Waals surface area (Å²) >= 11 is 0. The maximum absolute atomic E-state index is 12.0. The van der Waals surface area contributed by atoms with Crippen LogP contribution in [0.1, 0.15) is 27.8 Å². The molecule has 0 aliphatic carbocycles. The van der Waals surface area contributed by atoms with E-state index in [4.69, 9.17) is 15.2 Å². The van der Waals surface area contributed by atoms with Crippen LogP contribution in [0, 0.1) is 0 Å². The number of hydrogen-bond donors (Lipinski definition) is 1. The number of ether oxygens (including phenoxy) is 2. The first-order chi connectivity index (χ1) is 9.56. The zero-order valence-electron chi connectivity index (χ0n) is 11.6. The Morgan fingerprint density at radius 1 is 1.45 bits per heavy atom. The first-order valence-corrected chi connectivity index (χ1v) is 6.13. The lowest BCUT2D eigenvalue weighted by molar-refractivity contribution is 0.0513. The van der Waals surface area contributed by atoms with Crippen LogP contribution in [0.2, 0.25) is 0 Å². The number of carbonyl (C=O) groups excluding carboxylic acids is 2. The fraction of sp³-hybridized carbons (Fsp3) is 0.286. The number of benzene rings is 1. The molecule has 2 aromatic rings. The largest absolute Gasteiger partial charge is 0.495 e. The molecule has 0 spiro atoms. The van der Waals surface area contributed by atoms with E-state index in [1.807, 2.05) is 0 Å². The maximum Gasteiger partial charge on any atom is 0.355 e. The van der Waals surface area contributed by atoms with Crippen LogP contribution in [0.5, 0.6) is 5.75 Å². The van der Waals surface area contributed by atoms with Crippen LogP contribution in [0.3, 0.4) is 0 Å². The van der Waals surface area contributed by atoms with E-state index in [9.17, 15) is 9.59 Å². The molecule has 2 rings (SSSR count). The number of carbonyl (C=O) groups is 2. The molecule has 0 unspecified atom stereocenters. The predicted molar refractivity (Wildman–Crippen MR) is 75.2 cm³/mol. The molecule has 6 nitrogen and oxygen atoms in total. The van der Waals surface area contributed by atoms with Gasteiger partial charge < -0.3 is 19.8 Å². The normalized spacial score (nSPS) is 10.6. The van der Waals surface area contributed by atoms with Crippen molar-refractivity contribution in [1.82, 2.24) is 4.57 Å². The highest BCUT2D eigenvalue weighted by atomic mass is 16.5. The lowest BCUT2D eigenvalue weighted by Gasteiger charge is -2.06. The van der Waals surface area contributed by atoms with Gasteiger partial charge in [0.2, 0.25) is 0 Å². The van der Waals surface area contributed by atoms with Gasteiger partial charge in [0.15, 0.2) is 6.29 Å². The Labute approximate surface area is 116 Å². The Morgan fingerprint density at radius 3 is 2.70 bits per heavy atom. The van der Waals surface area contributed by atoms with Gasteiger partial charge in [-0.05, 0) is 19.1 Å². The van der Waals surface area contributed by atoms with Crippen molar-refractivity contribution in [2.45, 2.75) is 6.92 Å². The summed E-state index contributed by atoms with van der Waals surface area (Å²) < 4.78 is 11.7. The summed E-state index contributed by atoms with van der Waals surface area (Å²) in [6.07, 6.45) is 0.615. The van der Waals surface area contributed by atoms with Gasteiger partial charge in [0.05, 0.1) is 30.5 Å². The molecule has 106 valence electrons. The number of nitrogens with zero attached hydrogens (tertiary/aromatic N) is 1. The quantitative estimate of drug-likeness (QED) is 0.522. The number of anilines is 1. The fourth-order valence-electron chi connectivity index (χ4n) is 2.31. The average molecular weight is 276 g/mol. The number of aryl methyl sites for hydroxylation is 1. The van der Waals surface area contributed by atoms with Crippen molar-refractivity contribution >= 4 is 28.8 Å². The van der Waals surface area contributed by atoms with Crippen LogP contribution in [-0.2, 0) is 11.8 Å². The number of hydrogen-bond acceptors (Lipinski definition) is 5. The molecule has 6 heteroatoms. The molecule has 1 aromatic carbocycles. The molecular formula is C14H16N2O4. The molecule has 20 heavy (non-hydrogen) atoms. The summed E-state index contributed by atoms with van der Waals surface area (Å²) in [6.45, 7) is 1.94. The minimum Gasteiger partial charge on any atom is -0.495 e. The number of methoxy groups -OCH3 is 1. The second-order valence-corrected chi connectivity index (χ2v) is 4.24. The van der Waals surface area contributed by atoms with Gasteiger partial charge in [-0.2, -0.15) is 0 Å². The van der Waals surface area contributed by atoms with Crippen LogP contribution in [0.25, 0.3) is 10.9 Å². The van der Waals surface area contributed by atoms with Crippen molar-refractivity contribution in [2.24, 2.45) is 7.05 Å². The van der Waals surface area contributed by atoms with E-state index in [1.165, 1.54) is 7.11 Å².